The van der Waals surface area contributed by atoms with Crippen LogP contribution in [0.2, 0.25) is 0 Å². The molecule has 0 atom stereocenters. The van der Waals surface area contributed by atoms with E-state index in [1.165, 1.54) is 0 Å². The van der Waals surface area contributed by atoms with Gasteiger partial charge in [-0.3, -0.25) is 9.59 Å². The van der Waals surface area contributed by atoms with Crippen LogP contribution in [0.1, 0.15) is 41.8 Å². The van der Waals surface area contributed by atoms with E-state index in [2.05, 4.69) is 10.3 Å². The largest absolute Gasteiger partial charge is 0.494 e. The summed E-state index contributed by atoms with van der Waals surface area (Å²) in [6, 6.07) is 16.5. The van der Waals surface area contributed by atoms with Crippen molar-refractivity contribution in [3.63, 3.8) is 0 Å². The maximum atomic E-state index is 12.7. The van der Waals surface area contributed by atoms with Crippen molar-refractivity contribution in [2.75, 3.05) is 18.1 Å². The number of aromatic nitrogens is 1. The van der Waals surface area contributed by atoms with Gasteiger partial charge in [0.05, 0.1) is 6.61 Å². The number of carbonyl (C=O) groups is 2. The molecule has 2 amide bonds. The molecule has 1 aliphatic heterocycles. The van der Waals surface area contributed by atoms with Crippen molar-refractivity contribution < 1.29 is 19.1 Å². The number of carbonyl (C=O) groups excluding carboxylic acids is 2. The van der Waals surface area contributed by atoms with Gasteiger partial charge in [-0.1, -0.05) is 6.92 Å². The number of benzene rings is 2. The molecular weight excluding hydrogens is 418 g/mol. The molecule has 0 unspecified atom stereocenters. The van der Waals surface area contributed by atoms with Gasteiger partial charge in [-0.2, -0.15) is 0 Å². The first-order valence-electron chi connectivity index (χ1n) is 11.1. The number of nitrogens with one attached hydrogen (secondary N) is 1. The van der Waals surface area contributed by atoms with Gasteiger partial charge in [-0.25, -0.2) is 4.98 Å². The van der Waals surface area contributed by atoms with E-state index in [0.29, 0.717) is 43.3 Å². The van der Waals surface area contributed by atoms with E-state index in [0.717, 1.165) is 29.0 Å². The summed E-state index contributed by atoms with van der Waals surface area (Å²) in [5.41, 5.74) is 3.39. The zero-order valence-corrected chi connectivity index (χ0v) is 18.8. The van der Waals surface area contributed by atoms with Crippen molar-refractivity contribution in [1.29, 1.82) is 0 Å². The first-order valence-corrected chi connectivity index (χ1v) is 11.1. The molecule has 0 aliphatic carbocycles. The van der Waals surface area contributed by atoms with E-state index in [1.807, 2.05) is 56.3 Å². The fourth-order valence-electron chi connectivity index (χ4n) is 3.78. The summed E-state index contributed by atoms with van der Waals surface area (Å²) in [5.74, 6) is 1.83. The van der Waals surface area contributed by atoms with Gasteiger partial charge >= 0.3 is 0 Å². The van der Waals surface area contributed by atoms with Crippen LogP contribution in [-0.4, -0.2) is 29.9 Å². The smallest absolute Gasteiger partial charge is 0.251 e. The van der Waals surface area contributed by atoms with Crippen LogP contribution in [0, 0.1) is 0 Å². The Labute approximate surface area is 193 Å². The predicted octanol–water partition coefficient (Wildman–Crippen LogP) is 4.50. The first-order chi connectivity index (χ1) is 16.1. The van der Waals surface area contributed by atoms with Crippen molar-refractivity contribution in [3.8, 4) is 17.4 Å². The van der Waals surface area contributed by atoms with Gasteiger partial charge in [0.15, 0.2) is 0 Å². The molecule has 0 fully saturated rings. The average molecular weight is 446 g/mol. The number of hydrogen-bond donors (Lipinski definition) is 1. The minimum Gasteiger partial charge on any atom is -0.494 e. The van der Waals surface area contributed by atoms with Gasteiger partial charge < -0.3 is 19.7 Å². The predicted molar refractivity (Wildman–Crippen MR) is 126 cm³/mol. The highest BCUT2D eigenvalue weighted by Gasteiger charge is 2.24. The second kappa shape index (κ2) is 10.2. The normalized spacial score (nSPS) is 12.2. The molecule has 33 heavy (non-hydrogen) atoms. The Kier molecular flexibility index (Phi) is 6.88. The van der Waals surface area contributed by atoms with Crippen molar-refractivity contribution >= 4 is 17.5 Å². The van der Waals surface area contributed by atoms with Crippen molar-refractivity contribution in [1.82, 2.24) is 10.3 Å². The number of amides is 2. The van der Waals surface area contributed by atoms with Crippen molar-refractivity contribution in [3.05, 3.63) is 77.5 Å². The summed E-state index contributed by atoms with van der Waals surface area (Å²) in [6.45, 7) is 5.42. The second-order valence-corrected chi connectivity index (χ2v) is 7.68. The molecule has 3 aromatic rings. The lowest BCUT2D eigenvalue weighted by Crippen LogP contribution is -2.27. The number of rotatable bonds is 8. The van der Waals surface area contributed by atoms with Crippen LogP contribution in [0.25, 0.3) is 0 Å². The van der Waals surface area contributed by atoms with Gasteiger partial charge in [0.25, 0.3) is 5.91 Å². The van der Waals surface area contributed by atoms with Crippen LogP contribution in [0.5, 0.6) is 17.4 Å². The zero-order chi connectivity index (χ0) is 23.2. The van der Waals surface area contributed by atoms with Gasteiger partial charge in [-0.15, -0.1) is 0 Å². The number of ether oxygens (including phenoxy) is 2. The number of pyridine rings is 1. The van der Waals surface area contributed by atoms with Crippen LogP contribution in [-0.2, 0) is 17.8 Å². The van der Waals surface area contributed by atoms with Crippen molar-refractivity contribution in [2.45, 2.75) is 33.2 Å². The topological polar surface area (TPSA) is 80.8 Å². The van der Waals surface area contributed by atoms with E-state index in [1.54, 1.807) is 23.2 Å². The number of nitrogens with zero attached hydrogens (tertiary/aromatic N) is 2. The molecule has 170 valence electrons. The van der Waals surface area contributed by atoms with Crippen LogP contribution in [0.4, 0.5) is 5.69 Å². The van der Waals surface area contributed by atoms with Crippen LogP contribution < -0.4 is 19.7 Å². The molecule has 1 N–H and O–H groups in total. The Morgan fingerprint density at radius 1 is 1.03 bits per heavy atom. The van der Waals surface area contributed by atoms with Gasteiger partial charge in [0.2, 0.25) is 11.8 Å². The molecule has 0 saturated carbocycles. The second-order valence-electron chi connectivity index (χ2n) is 7.68. The summed E-state index contributed by atoms with van der Waals surface area (Å²) in [6.07, 6.45) is 2.89. The minimum atomic E-state index is -0.163. The fraction of sp³-hybridized carbons (Fsp3) is 0.269. The van der Waals surface area contributed by atoms with E-state index < -0.39 is 0 Å². The molecule has 2 heterocycles. The molecule has 0 saturated heterocycles. The molecule has 0 radical (unpaired) electrons. The maximum Gasteiger partial charge on any atom is 0.251 e. The highest BCUT2D eigenvalue weighted by Crippen LogP contribution is 2.29. The molecule has 2 aromatic carbocycles. The monoisotopic (exact) mass is 445 g/mol. The van der Waals surface area contributed by atoms with E-state index in [9.17, 15) is 9.59 Å². The average Bonchev–Trinajstić information content (AvgIpc) is 3.27. The first kappa shape index (κ1) is 22.3. The molecule has 7 heteroatoms. The summed E-state index contributed by atoms with van der Waals surface area (Å²) < 4.78 is 11.3. The quantitative estimate of drug-likeness (QED) is 0.552. The molecule has 0 spiro atoms. The number of anilines is 1. The Balaban J connectivity index is 1.36. The summed E-state index contributed by atoms with van der Waals surface area (Å²) in [4.78, 5) is 30.8. The molecule has 7 nitrogen and oxygen atoms in total. The fourth-order valence-corrected chi connectivity index (χ4v) is 3.78. The third-order valence-corrected chi connectivity index (χ3v) is 5.45. The summed E-state index contributed by atoms with van der Waals surface area (Å²) in [5, 5.41) is 2.94. The standard InChI is InChI=1S/C26H27N3O4/c1-3-25(30)29-14-12-19-16-20(5-10-23(19)29)26(31)28-17-18-11-13-27-24(15-18)33-22-8-6-21(7-9-22)32-4-2/h5-11,13,15-16H,3-4,12,14,17H2,1-2H3,(H,28,31). The minimum absolute atomic E-state index is 0.104. The van der Waals surface area contributed by atoms with E-state index in [4.69, 9.17) is 9.47 Å². The lowest BCUT2D eigenvalue weighted by molar-refractivity contribution is -0.118. The van der Waals surface area contributed by atoms with Crippen LogP contribution >= 0.6 is 0 Å². The Hall–Kier alpha value is -3.87. The Morgan fingerprint density at radius 2 is 1.82 bits per heavy atom. The third kappa shape index (κ3) is 5.31. The molecule has 4 rings (SSSR count). The highest BCUT2D eigenvalue weighted by atomic mass is 16.5. The lowest BCUT2D eigenvalue weighted by atomic mass is 10.1. The Bertz CT molecular complexity index is 1140. The molecule has 1 aromatic heterocycles. The third-order valence-electron chi connectivity index (χ3n) is 5.45. The SMILES string of the molecule is CCOc1ccc(Oc2cc(CNC(=O)c3ccc4c(c3)CCN4C(=O)CC)ccn2)cc1. The lowest BCUT2D eigenvalue weighted by Gasteiger charge is -2.16. The van der Waals surface area contributed by atoms with Crippen LogP contribution in [0.3, 0.4) is 0 Å². The van der Waals surface area contributed by atoms with Gasteiger partial charge in [0, 0.05) is 43.0 Å². The maximum absolute atomic E-state index is 12.7. The number of fused-ring (bicyclic) bond motifs is 1. The molecule has 0 bridgehead atoms. The summed E-state index contributed by atoms with van der Waals surface area (Å²) in [7, 11) is 0. The molecule has 1 aliphatic rings. The van der Waals surface area contributed by atoms with Gasteiger partial charge in [0.1, 0.15) is 11.5 Å². The molecular formula is C26H27N3O4. The van der Waals surface area contributed by atoms with Crippen LogP contribution in [0.15, 0.2) is 60.8 Å². The number of hydrogen-bond acceptors (Lipinski definition) is 5. The van der Waals surface area contributed by atoms with Crippen molar-refractivity contribution in [2.24, 2.45) is 0 Å². The zero-order valence-electron chi connectivity index (χ0n) is 18.8. The summed E-state index contributed by atoms with van der Waals surface area (Å²) >= 11 is 0. The Morgan fingerprint density at radius 3 is 2.58 bits per heavy atom. The van der Waals surface area contributed by atoms with Gasteiger partial charge in [-0.05, 0) is 73.0 Å². The van der Waals surface area contributed by atoms with E-state index >= 15 is 0 Å². The van der Waals surface area contributed by atoms with E-state index in [-0.39, 0.29) is 11.8 Å². The highest BCUT2D eigenvalue weighted by molar-refractivity contribution is 5.98.